The minimum Gasteiger partial charge on any atom is -0.396 e. The number of rotatable bonds is 5. The highest BCUT2D eigenvalue weighted by molar-refractivity contribution is 7.99. The van der Waals surface area contributed by atoms with Gasteiger partial charge in [0.2, 0.25) is 0 Å². The van der Waals surface area contributed by atoms with Crippen molar-refractivity contribution in [3.05, 3.63) is 11.6 Å². The smallest absolute Gasteiger partial charge is 0.0464 e. The van der Waals surface area contributed by atoms with E-state index >= 15 is 0 Å². The predicted octanol–water partition coefficient (Wildman–Crippen LogP) is 2.10. The molecule has 0 amide bonds. The van der Waals surface area contributed by atoms with Gasteiger partial charge in [-0.1, -0.05) is 24.6 Å². The average Bonchev–Trinajstić information content (AvgIpc) is 1.98. The van der Waals surface area contributed by atoms with Gasteiger partial charge < -0.3 is 5.11 Å². The maximum absolute atomic E-state index is 8.63. The van der Waals surface area contributed by atoms with Crippen LogP contribution in [0.2, 0.25) is 0 Å². The van der Waals surface area contributed by atoms with Crippen LogP contribution in [-0.4, -0.2) is 23.2 Å². The molecule has 0 aromatic carbocycles. The van der Waals surface area contributed by atoms with Crippen molar-refractivity contribution in [3.8, 4) is 0 Å². The number of hydrogen-bond donors (Lipinski definition) is 1. The van der Waals surface area contributed by atoms with Gasteiger partial charge in [0.25, 0.3) is 0 Å². The molecule has 1 N–H and O–H groups in total. The molecule has 0 aliphatic carbocycles. The molecular formula is C7H13ClOS. The van der Waals surface area contributed by atoms with Gasteiger partial charge in [-0.2, -0.15) is 11.8 Å². The standard InChI is InChI=1S/C7H13ClOS/c1-7(5-9)6-10-4-2-3-8/h2-3,7,9H,4-6H2,1H3. The second kappa shape index (κ2) is 7.45. The van der Waals surface area contributed by atoms with Crippen molar-refractivity contribution in [1.29, 1.82) is 0 Å². The van der Waals surface area contributed by atoms with Crippen LogP contribution in [0.1, 0.15) is 6.92 Å². The van der Waals surface area contributed by atoms with Crippen molar-refractivity contribution in [3.63, 3.8) is 0 Å². The van der Waals surface area contributed by atoms with Crippen LogP contribution >= 0.6 is 23.4 Å². The number of aliphatic hydroxyl groups excluding tert-OH is 1. The van der Waals surface area contributed by atoms with Crippen LogP contribution in [0.5, 0.6) is 0 Å². The van der Waals surface area contributed by atoms with Crippen LogP contribution in [0.15, 0.2) is 11.6 Å². The van der Waals surface area contributed by atoms with Gasteiger partial charge in [0.1, 0.15) is 0 Å². The van der Waals surface area contributed by atoms with Crippen molar-refractivity contribution in [1.82, 2.24) is 0 Å². The molecule has 0 heterocycles. The molecular weight excluding hydrogens is 168 g/mol. The molecule has 1 unspecified atom stereocenters. The molecule has 0 saturated heterocycles. The molecule has 60 valence electrons. The van der Waals surface area contributed by atoms with Crippen molar-refractivity contribution >= 4 is 23.4 Å². The Morgan fingerprint density at radius 1 is 1.70 bits per heavy atom. The fourth-order valence-electron chi connectivity index (χ4n) is 0.426. The summed E-state index contributed by atoms with van der Waals surface area (Å²) in [5.74, 6) is 2.33. The van der Waals surface area contributed by atoms with Gasteiger partial charge in [-0.05, 0) is 11.7 Å². The SMILES string of the molecule is CC(CO)CSCC=CCl. The van der Waals surface area contributed by atoms with Crippen LogP contribution in [0.3, 0.4) is 0 Å². The van der Waals surface area contributed by atoms with Crippen LogP contribution in [-0.2, 0) is 0 Å². The third-order valence-electron chi connectivity index (χ3n) is 1.02. The first-order valence-corrected chi connectivity index (χ1v) is 4.84. The molecule has 0 saturated carbocycles. The highest BCUT2D eigenvalue weighted by Gasteiger charge is 1.97. The maximum Gasteiger partial charge on any atom is 0.0464 e. The van der Waals surface area contributed by atoms with Gasteiger partial charge in [-0.15, -0.1) is 0 Å². The predicted molar refractivity (Wildman–Crippen MR) is 48.6 cm³/mol. The molecule has 3 heteroatoms. The van der Waals surface area contributed by atoms with E-state index in [9.17, 15) is 0 Å². The Kier molecular flexibility index (Phi) is 7.70. The first kappa shape index (κ1) is 10.3. The molecule has 0 aromatic rings. The van der Waals surface area contributed by atoms with Gasteiger partial charge >= 0.3 is 0 Å². The van der Waals surface area contributed by atoms with Gasteiger partial charge in [0.05, 0.1) is 0 Å². The molecule has 0 rings (SSSR count). The molecule has 10 heavy (non-hydrogen) atoms. The molecule has 0 fully saturated rings. The third-order valence-corrected chi connectivity index (χ3v) is 2.43. The van der Waals surface area contributed by atoms with E-state index in [4.69, 9.17) is 16.7 Å². The Labute approximate surface area is 71.5 Å². The summed E-state index contributed by atoms with van der Waals surface area (Å²) in [6.45, 7) is 2.30. The Morgan fingerprint density at radius 2 is 2.40 bits per heavy atom. The highest BCUT2D eigenvalue weighted by Crippen LogP contribution is 2.07. The average molecular weight is 181 g/mol. The van der Waals surface area contributed by atoms with Crippen LogP contribution in [0.4, 0.5) is 0 Å². The monoisotopic (exact) mass is 180 g/mol. The zero-order chi connectivity index (χ0) is 7.82. The zero-order valence-corrected chi connectivity index (χ0v) is 7.66. The second-order valence-corrected chi connectivity index (χ2v) is 3.51. The van der Waals surface area contributed by atoms with E-state index in [1.165, 1.54) is 5.54 Å². The second-order valence-electron chi connectivity index (χ2n) is 2.19. The summed E-state index contributed by atoms with van der Waals surface area (Å²) in [4.78, 5) is 0. The molecule has 1 nitrogen and oxygen atoms in total. The minimum atomic E-state index is 0.275. The van der Waals surface area contributed by atoms with E-state index in [1.807, 2.05) is 13.0 Å². The molecule has 0 bridgehead atoms. The lowest BCUT2D eigenvalue weighted by Gasteiger charge is -2.04. The summed E-state index contributed by atoms with van der Waals surface area (Å²) < 4.78 is 0. The molecule has 0 aliphatic heterocycles. The Bertz CT molecular complexity index is 95.6. The first-order valence-electron chi connectivity index (χ1n) is 3.25. The number of halogens is 1. The maximum atomic E-state index is 8.63. The summed E-state index contributed by atoms with van der Waals surface area (Å²) >= 11 is 7.09. The number of hydrogen-bond acceptors (Lipinski definition) is 2. The molecule has 1 atom stereocenters. The van der Waals surface area contributed by atoms with E-state index in [1.54, 1.807) is 11.8 Å². The van der Waals surface area contributed by atoms with Crippen molar-refractivity contribution < 1.29 is 5.11 Å². The van der Waals surface area contributed by atoms with Crippen LogP contribution in [0.25, 0.3) is 0 Å². The summed E-state index contributed by atoms with van der Waals surface area (Å²) in [6, 6.07) is 0. The summed E-state index contributed by atoms with van der Waals surface area (Å²) in [7, 11) is 0. The fraction of sp³-hybridized carbons (Fsp3) is 0.714. The van der Waals surface area contributed by atoms with Crippen LogP contribution in [0, 0.1) is 5.92 Å². The molecule has 0 spiro atoms. The van der Waals surface area contributed by atoms with Crippen LogP contribution < -0.4 is 0 Å². The normalized spacial score (nSPS) is 14.3. The first-order chi connectivity index (χ1) is 4.81. The number of aliphatic hydroxyl groups is 1. The van der Waals surface area contributed by atoms with Gasteiger partial charge in [-0.3, -0.25) is 0 Å². The van der Waals surface area contributed by atoms with E-state index in [0.717, 1.165) is 11.5 Å². The van der Waals surface area contributed by atoms with Crippen molar-refractivity contribution in [2.24, 2.45) is 5.92 Å². The minimum absolute atomic E-state index is 0.275. The Hall–Kier alpha value is 0.340. The van der Waals surface area contributed by atoms with E-state index in [2.05, 4.69) is 0 Å². The fourth-order valence-corrected chi connectivity index (χ4v) is 1.50. The summed E-state index contributed by atoms with van der Waals surface area (Å²) in [5.41, 5.74) is 1.52. The van der Waals surface area contributed by atoms with E-state index < -0.39 is 0 Å². The summed E-state index contributed by atoms with van der Waals surface area (Å²) in [5, 5.41) is 8.63. The van der Waals surface area contributed by atoms with E-state index in [-0.39, 0.29) is 6.61 Å². The quantitative estimate of drug-likeness (QED) is 0.654. The zero-order valence-electron chi connectivity index (χ0n) is 6.09. The van der Waals surface area contributed by atoms with Crippen molar-refractivity contribution in [2.45, 2.75) is 6.92 Å². The topological polar surface area (TPSA) is 20.2 Å². The Balaban J connectivity index is 3.03. The molecule has 0 aromatic heterocycles. The third kappa shape index (κ3) is 6.46. The molecule has 0 radical (unpaired) electrons. The van der Waals surface area contributed by atoms with Gasteiger partial charge in [-0.25, -0.2) is 0 Å². The summed E-state index contributed by atoms with van der Waals surface area (Å²) in [6.07, 6.45) is 1.90. The molecule has 0 aliphatic rings. The lowest BCUT2D eigenvalue weighted by Crippen LogP contribution is -2.03. The van der Waals surface area contributed by atoms with Gasteiger partial charge in [0, 0.05) is 17.9 Å². The lowest BCUT2D eigenvalue weighted by molar-refractivity contribution is 0.250. The lowest BCUT2D eigenvalue weighted by atomic mass is 10.2. The number of thioether (sulfide) groups is 1. The van der Waals surface area contributed by atoms with Crippen molar-refractivity contribution in [2.75, 3.05) is 18.1 Å². The largest absolute Gasteiger partial charge is 0.396 e. The van der Waals surface area contributed by atoms with E-state index in [0.29, 0.717) is 5.92 Å². The highest BCUT2D eigenvalue weighted by atomic mass is 35.5. The Morgan fingerprint density at radius 3 is 2.90 bits per heavy atom. The van der Waals surface area contributed by atoms with Gasteiger partial charge in [0.15, 0.2) is 0 Å².